The molecule has 18 heavy (non-hydrogen) atoms. The topological polar surface area (TPSA) is 88.0 Å². The number of hydrogen-bond donors (Lipinski definition) is 2. The molecule has 0 spiro atoms. The summed E-state index contributed by atoms with van der Waals surface area (Å²) in [6.07, 6.45) is 0. The van der Waals surface area contributed by atoms with Crippen LogP contribution in [0.5, 0.6) is 0 Å². The zero-order chi connectivity index (χ0) is 13.0. The van der Waals surface area contributed by atoms with Gasteiger partial charge in [-0.2, -0.15) is 0 Å². The molecule has 0 amide bonds. The lowest BCUT2D eigenvalue weighted by atomic mass is 10.2. The van der Waals surface area contributed by atoms with Crippen LogP contribution in [0.2, 0.25) is 0 Å². The quantitative estimate of drug-likeness (QED) is 0.635. The van der Waals surface area contributed by atoms with Crippen LogP contribution in [-0.4, -0.2) is 9.91 Å². The number of benzene rings is 1. The number of nitro benzene ring substituents is 1. The highest BCUT2D eigenvalue weighted by Crippen LogP contribution is 2.12. The Bertz CT molecular complexity index is 605. The summed E-state index contributed by atoms with van der Waals surface area (Å²) in [4.78, 5) is 23.7. The van der Waals surface area contributed by atoms with Crippen molar-refractivity contribution >= 4 is 17.0 Å². The Morgan fingerprint density at radius 1 is 1.39 bits per heavy atom. The van der Waals surface area contributed by atoms with E-state index >= 15 is 0 Å². The summed E-state index contributed by atoms with van der Waals surface area (Å²) in [5.74, 6) is 0. The van der Waals surface area contributed by atoms with Gasteiger partial charge in [-0.25, -0.2) is 0 Å². The van der Waals surface area contributed by atoms with Gasteiger partial charge in [-0.15, -0.1) is 0 Å². The number of H-pyrrole nitrogens is 1. The number of aromatic nitrogens is 1. The van der Waals surface area contributed by atoms with E-state index in [2.05, 4.69) is 10.3 Å². The number of rotatable bonds is 5. The van der Waals surface area contributed by atoms with E-state index in [0.29, 0.717) is 13.1 Å². The first-order valence-corrected chi connectivity index (χ1v) is 6.14. The Balaban J connectivity index is 1.92. The van der Waals surface area contributed by atoms with Gasteiger partial charge >= 0.3 is 4.87 Å². The lowest BCUT2D eigenvalue weighted by Gasteiger charge is -2.03. The smallest absolute Gasteiger partial charge is 0.304 e. The summed E-state index contributed by atoms with van der Waals surface area (Å²) in [7, 11) is 0. The molecule has 0 fully saturated rings. The minimum Gasteiger partial charge on any atom is -0.315 e. The molecule has 0 aliphatic rings. The molecule has 1 aromatic heterocycles. The Morgan fingerprint density at radius 2 is 2.22 bits per heavy atom. The van der Waals surface area contributed by atoms with Gasteiger partial charge in [0.1, 0.15) is 0 Å². The van der Waals surface area contributed by atoms with Crippen molar-refractivity contribution in [3.63, 3.8) is 0 Å². The maximum atomic E-state index is 10.9. The molecule has 94 valence electrons. The van der Waals surface area contributed by atoms with Crippen LogP contribution in [0.3, 0.4) is 0 Å². The number of hydrogen-bond acceptors (Lipinski definition) is 5. The molecular formula is C11H11N3O3S. The van der Waals surface area contributed by atoms with E-state index < -0.39 is 4.92 Å². The molecule has 0 saturated heterocycles. The molecule has 0 atom stereocenters. The lowest BCUT2D eigenvalue weighted by Crippen LogP contribution is -2.13. The van der Waals surface area contributed by atoms with Gasteiger partial charge in [0.2, 0.25) is 0 Å². The molecule has 0 aliphatic heterocycles. The number of nitrogens with zero attached hydrogens (tertiary/aromatic N) is 1. The van der Waals surface area contributed by atoms with Crippen molar-refractivity contribution in [1.82, 2.24) is 10.3 Å². The van der Waals surface area contributed by atoms with E-state index in [1.165, 1.54) is 12.1 Å². The highest BCUT2D eigenvalue weighted by molar-refractivity contribution is 7.07. The van der Waals surface area contributed by atoms with Crippen molar-refractivity contribution in [3.05, 3.63) is 60.7 Å². The van der Waals surface area contributed by atoms with Crippen LogP contribution in [0.1, 0.15) is 11.3 Å². The maximum Gasteiger partial charge on any atom is 0.304 e. The lowest BCUT2D eigenvalue weighted by molar-refractivity contribution is -0.384. The van der Waals surface area contributed by atoms with Gasteiger partial charge in [0, 0.05) is 36.3 Å². The average Bonchev–Trinajstić information content (AvgIpc) is 2.75. The standard InChI is InChI=1S/C11H11N3O3S/c15-11-13-9(7-18-11)6-12-5-8-2-1-3-10(4-8)14(16)17/h1-4,7,12H,5-6H2,(H,13,15). The SMILES string of the molecule is O=c1[nH]c(CNCc2cccc([N+](=O)[O-])c2)cs1. The minimum absolute atomic E-state index is 0.0813. The Labute approximate surface area is 106 Å². The summed E-state index contributed by atoms with van der Waals surface area (Å²) in [6, 6.07) is 6.46. The molecule has 0 unspecified atom stereocenters. The first-order chi connectivity index (χ1) is 8.65. The number of nitrogens with one attached hydrogen (secondary N) is 2. The van der Waals surface area contributed by atoms with Gasteiger partial charge < -0.3 is 10.3 Å². The molecule has 0 aliphatic carbocycles. The van der Waals surface area contributed by atoms with E-state index in [1.807, 2.05) is 6.07 Å². The third kappa shape index (κ3) is 3.25. The van der Waals surface area contributed by atoms with Crippen molar-refractivity contribution < 1.29 is 4.92 Å². The van der Waals surface area contributed by atoms with Crippen molar-refractivity contribution in [2.45, 2.75) is 13.1 Å². The minimum atomic E-state index is -0.417. The molecule has 1 heterocycles. The fraction of sp³-hybridized carbons (Fsp3) is 0.182. The van der Waals surface area contributed by atoms with E-state index in [9.17, 15) is 14.9 Å². The van der Waals surface area contributed by atoms with Crippen LogP contribution in [0.4, 0.5) is 5.69 Å². The Kier molecular flexibility index (Phi) is 3.85. The average molecular weight is 265 g/mol. The highest BCUT2D eigenvalue weighted by atomic mass is 32.1. The van der Waals surface area contributed by atoms with Crippen molar-refractivity contribution in [3.8, 4) is 0 Å². The summed E-state index contributed by atoms with van der Waals surface area (Å²) in [6.45, 7) is 1.04. The highest BCUT2D eigenvalue weighted by Gasteiger charge is 2.05. The van der Waals surface area contributed by atoms with Gasteiger partial charge in [0.25, 0.3) is 5.69 Å². The summed E-state index contributed by atoms with van der Waals surface area (Å²) in [5, 5.41) is 15.5. The van der Waals surface area contributed by atoms with Gasteiger partial charge in [-0.3, -0.25) is 14.9 Å². The number of nitro groups is 1. The normalized spacial score (nSPS) is 10.4. The van der Waals surface area contributed by atoms with Crippen LogP contribution in [-0.2, 0) is 13.1 Å². The fourth-order valence-corrected chi connectivity index (χ4v) is 2.10. The Hall–Kier alpha value is -1.99. The summed E-state index contributed by atoms with van der Waals surface area (Å²) >= 11 is 1.12. The van der Waals surface area contributed by atoms with E-state index in [1.54, 1.807) is 11.4 Å². The van der Waals surface area contributed by atoms with Crippen LogP contribution in [0.25, 0.3) is 0 Å². The van der Waals surface area contributed by atoms with Crippen LogP contribution in [0.15, 0.2) is 34.4 Å². The van der Waals surface area contributed by atoms with Gasteiger partial charge in [-0.05, 0) is 5.56 Å². The van der Waals surface area contributed by atoms with Gasteiger partial charge in [-0.1, -0.05) is 23.5 Å². The van der Waals surface area contributed by atoms with Crippen LogP contribution >= 0.6 is 11.3 Å². The van der Waals surface area contributed by atoms with Crippen molar-refractivity contribution in [1.29, 1.82) is 0 Å². The van der Waals surface area contributed by atoms with Crippen molar-refractivity contribution in [2.75, 3.05) is 0 Å². The fourth-order valence-electron chi connectivity index (χ4n) is 1.52. The second-order valence-corrected chi connectivity index (χ2v) is 4.55. The van der Waals surface area contributed by atoms with Crippen LogP contribution < -0.4 is 10.2 Å². The second kappa shape index (κ2) is 5.56. The Morgan fingerprint density at radius 3 is 2.89 bits per heavy atom. The zero-order valence-electron chi connectivity index (χ0n) is 9.38. The predicted octanol–water partition coefficient (Wildman–Crippen LogP) is 1.63. The third-order valence-corrected chi connectivity index (χ3v) is 3.06. The van der Waals surface area contributed by atoms with E-state index in [-0.39, 0.29) is 10.6 Å². The van der Waals surface area contributed by atoms with Gasteiger partial charge in [0.05, 0.1) is 4.92 Å². The molecular weight excluding hydrogens is 254 g/mol. The van der Waals surface area contributed by atoms with Gasteiger partial charge in [0.15, 0.2) is 0 Å². The number of aromatic amines is 1. The first kappa shape index (κ1) is 12.5. The monoisotopic (exact) mass is 265 g/mol. The summed E-state index contributed by atoms with van der Waals surface area (Å²) < 4.78 is 0. The van der Waals surface area contributed by atoms with E-state index in [4.69, 9.17) is 0 Å². The third-order valence-electron chi connectivity index (χ3n) is 2.34. The zero-order valence-corrected chi connectivity index (χ0v) is 10.2. The first-order valence-electron chi connectivity index (χ1n) is 5.26. The van der Waals surface area contributed by atoms with E-state index in [0.717, 1.165) is 22.6 Å². The molecule has 2 rings (SSSR count). The molecule has 7 heteroatoms. The number of thiazole rings is 1. The van der Waals surface area contributed by atoms with Crippen molar-refractivity contribution in [2.24, 2.45) is 0 Å². The molecule has 1 aromatic carbocycles. The maximum absolute atomic E-state index is 10.9. The summed E-state index contributed by atoms with van der Waals surface area (Å²) in [5.41, 5.74) is 1.73. The molecule has 0 saturated carbocycles. The number of non-ortho nitro benzene ring substituents is 1. The molecule has 0 radical (unpaired) electrons. The van der Waals surface area contributed by atoms with Crippen LogP contribution in [0, 0.1) is 10.1 Å². The molecule has 0 bridgehead atoms. The molecule has 2 N–H and O–H groups in total. The second-order valence-electron chi connectivity index (χ2n) is 3.70. The predicted molar refractivity (Wildman–Crippen MR) is 68.6 cm³/mol. The largest absolute Gasteiger partial charge is 0.315 e. The molecule has 2 aromatic rings. The molecule has 6 nitrogen and oxygen atoms in total.